The molecule has 0 atom stereocenters. The van der Waals surface area contributed by atoms with E-state index in [-0.39, 0.29) is 0 Å². The molecule has 0 bridgehead atoms. The van der Waals surface area contributed by atoms with Crippen LogP contribution in [0.2, 0.25) is 0 Å². The lowest BCUT2D eigenvalue weighted by atomic mass is 10.2. The summed E-state index contributed by atoms with van der Waals surface area (Å²) in [5.41, 5.74) is 2.55. The Morgan fingerprint density at radius 1 is 0.808 bits per heavy atom. The quantitative estimate of drug-likeness (QED) is 0.438. The number of hydrogen-bond acceptors (Lipinski definition) is 4. The largest absolute Gasteiger partial charge is 0.461 e. The predicted octanol–water partition coefficient (Wildman–Crippen LogP) is 4.92. The highest BCUT2D eigenvalue weighted by Crippen LogP contribution is 2.26. The summed E-state index contributed by atoms with van der Waals surface area (Å²) in [5.74, 6) is 2.46. The van der Waals surface area contributed by atoms with Crippen LogP contribution in [0.15, 0.2) is 88.6 Å². The van der Waals surface area contributed by atoms with Gasteiger partial charge in [0.1, 0.15) is 0 Å². The summed E-state index contributed by atoms with van der Waals surface area (Å²) in [5, 5.41) is 9.71. The Balaban J connectivity index is 1.55. The van der Waals surface area contributed by atoms with Gasteiger partial charge in [-0.2, -0.15) is 0 Å². The number of aromatic nitrogens is 3. The third kappa shape index (κ3) is 3.89. The van der Waals surface area contributed by atoms with E-state index >= 15 is 0 Å². The molecule has 0 radical (unpaired) electrons. The zero-order valence-electron chi connectivity index (χ0n) is 14.3. The maximum absolute atomic E-state index is 5.55. The summed E-state index contributed by atoms with van der Waals surface area (Å²) in [7, 11) is 0. The van der Waals surface area contributed by atoms with Gasteiger partial charge in [0, 0.05) is 5.75 Å². The summed E-state index contributed by atoms with van der Waals surface area (Å²) in [6, 6.07) is 24.7. The van der Waals surface area contributed by atoms with Gasteiger partial charge in [0.15, 0.2) is 10.9 Å². The van der Waals surface area contributed by atoms with Gasteiger partial charge in [0.05, 0.1) is 12.8 Å². The third-order valence-electron chi connectivity index (χ3n) is 4.11. The fourth-order valence-corrected chi connectivity index (χ4v) is 3.72. The molecule has 0 aliphatic carbocycles. The van der Waals surface area contributed by atoms with Crippen molar-refractivity contribution in [3.8, 4) is 11.6 Å². The number of benzene rings is 2. The first-order chi connectivity index (χ1) is 12.9. The van der Waals surface area contributed by atoms with E-state index in [2.05, 4.69) is 63.3 Å². The average Bonchev–Trinajstić information content (AvgIpc) is 3.34. The molecule has 0 amide bonds. The Hall–Kier alpha value is -2.79. The number of furan rings is 1. The van der Waals surface area contributed by atoms with Crippen molar-refractivity contribution >= 4 is 11.8 Å². The predicted molar refractivity (Wildman–Crippen MR) is 104 cm³/mol. The molecular formula is C21H19N3OS. The van der Waals surface area contributed by atoms with Crippen LogP contribution in [0.3, 0.4) is 0 Å². The van der Waals surface area contributed by atoms with Crippen molar-refractivity contribution in [2.24, 2.45) is 0 Å². The number of aryl methyl sites for hydroxylation is 1. The van der Waals surface area contributed by atoms with E-state index in [1.165, 1.54) is 11.1 Å². The van der Waals surface area contributed by atoms with Gasteiger partial charge in [-0.3, -0.25) is 4.57 Å². The molecule has 4 aromatic rings. The standard InChI is InChI=1S/C21H19N3OS/c1-3-8-17(9-4-1)13-15-26-21-23-22-20(19-12-7-14-25-19)24(21)16-18-10-5-2-6-11-18/h1-12,14H,13,15-16H2. The van der Waals surface area contributed by atoms with Gasteiger partial charge in [0.25, 0.3) is 0 Å². The molecule has 0 saturated carbocycles. The number of hydrogen-bond donors (Lipinski definition) is 0. The first kappa shape index (κ1) is 16.7. The van der Waals surface area contributed by atoms with Crippen molar-refractivity contribution < 1.29 is 4.42 Å². The van der Waals surface area contributed by atoms with Gasteiger partial charge in [-0.15, -0.1) is 10.2 Å². The fourth-order valence-electron chi connectivity index (χ4n) is 2.80. The highest BCUT2D eigenvalue weighted by atomic mass is 32.2. The molecule has 0 unspecified atom stereocenters. The second kappa shape index (κ2) is 8.06. The van der Waals surface area contributed by atoms with Crippen LogP contribution in [0.25, 0.3) is 11.6 Å². The second-order valence-electron chi connectivity index (χ2n) is 5.94. The molecular weight excluding hydrogens is 342 g/mol. The Labute approximate surface area is 156 Å². The van der Waals surface area contributed by atoms with Crippen LogP contribution < -0.4 is 0 Å². The molecule has 2 aromatic heterocycles. The average molecular weight is 361 g/mol. The first-order valence-corrected chi connectivity index (χ1v) is 9.56. The minimum Gasteiger partial charge on any atom is -0.461 e. The summed E-state index contributed by atoms with van der Waals surface area (Å²) in [6.07, 6.45) is 2.67. The highest BCUT2D eigenvalue weighted by molar-refractivity contribution is 7.99. The van der Waals surface area contributed by atoms with Crippen molar-refractivity contribution in [3.05, 3.63) is 90.2 Å². The summed E-state index contributed by atoms with van der Waals surface area (Å²) < 4.78 is 7.68. The molecule has 4 rings (SSSR count). The summed E-state index contributed by atoms with van der Waals surface area (Å²) in [6.45, 7) is 0.720. The third-order valence-corrected chi connectivity index (χ3v) is 5.08. The highest BCUT2D eigenvalue weighted by Gasteiger charge is 2.16. The van der Waals surface area contributed by atoms with Crippen molar-refractivity contribution in [1.82, 2.24) is 14.8 Å². The molecule has 2 aromatic carbocycles. The Bertz CT molecular complexity index is 934. The fraction of sp³-hybridized carbons (Fsp3) is 0.143. The second-order valence-corrected chi connectivity index (χ2v) is 7.00. The van der Waals surface area contributed by atoms with Crippen LogP contribution in [0.1, 0.15) is 11.1 Å². The van der Waals surface area contributed by atoms with Gasteiger partial charge in [-0.1, -0.05) is 72.4 Å². The Morgan fingerprint density at radius 3 is 2.23 bits per heavy atom. The van der Waals surface area contributed by atoms with E-state index in [0.717, 1.165) is 35.5 Å². The van der Waals surface area contributed by atoms with Crippen LogP contribution in [-0.2, 0) is 13.0 Å². The zero-order valence-corrected chi connectivity index (χ0v) is 15.1. The summed E-state index contributed by atoms with van der Waals surface area (Å²) in [4.78, 5) is 0. The van der Waals surface area contributed by atoms with Gasteiger partial charge >= 0.3 is 0 Å². The smallest absolute Gasteiger partial charge is 0.200 e. The van der Waals surface area contributed by atoms with Gasteiger partial charge in [0.2, 0.25) is 5.82 Å². The number of thioether (sulfide) groups is 1. The van der Waals surface area contributed by atoms with E-state index in [0.29, 0.717) is 0 Å². The van der Waals surface area contributed by atoms with Crippen LogP contribution in [0.5, 0.6) is 0 Å². The zero-order chi connectivity index (χ0) is 17.6. The molecule has 5 heteroatoms. The molecule has 0 spiro atoms. The van der Waals surface area contributed by atoms with E-state index in [1.807, 2.05) is 24.3 Å². The van der Waals surface area contributed by atoms with E-state index < -0.39 is 0 Å². The van der Waals surface area contributed by atoms with Crippen LogP contribution in [-0.4, -0.2) is 20.5 Å². The first-order valence-electron chi connectivity index (χ1n) is 8.58. The topological polar surface area (TPSA) is 43.9 Å². The van der Waals surface area contributed by atoms with E-state index in [1.54, 1.807) is 18.0 Å². The molecule has 0 saturated heterocycles. The Morgan fingerprint density at radius 2 is 1.54 bits per heavy atom. The lowest BCUT2D eigenvalue weighted by molar-refractivity contribution is 0.569. The lowest BCUT2D eigenvalue weighted by Gasteiger charge is -2.09. The minimum atomic E-state index is 0.720. The number of rotatable bonds is 7. The number of nitrogens with zero attached hydrogens (tertiary/aromatic N) is 3. The van der Waals surface area contributed by atoms with Crippen molar-refractivity contribution in [2.45, 2.75) is 18.1 Å². The molecule has 4 nitrogen and oxygen atoms in total. The van der Waals surface area contributed by atoms with Crippen molar-refractivity contribution in [2.75, 3.05) is 5.75 Å². The molecule has 26 heavy (non-hydrogen) atoms. The normalized spacial score (nSPS) is 10.9. The molecule has 0 aliphatic heterocycles. The van der Waals surface area contributed by atoms with Crippen molar-refractivity contribution in [3.63, 3.8) is 0 Å². The van der Waals surface area contributed by atoms with Crippen LogP contribution in [0, 0.1) is 0 Å². The Kier molecular flexibility index (Phi) is 5.17. The molecule has 0 aliphatic rings. The summed E-state index contributed by atoms with van der Waals surface area (Å²) >= 11 is 1.73. The SMILES string of the molecule is c1ccc(CCSc2nnc(-c3ccco3)n2Cc2ccccc2)cc1. The van der Waals surface area contributed by atoms with Gasteiger partial charge in [-0.25, -0.2) is 0 Å². The monoisotopic (exact) mass is 361 g/mol. The van der Waals surface area contributed by atoms with Crippen LogP contribution >= 0.6 is 11.8 Å². The van der Waals surface area contributed by atoms with Crippen molar-refractivity contribution in [1.29, 1.82) is 0 Å². The van der Waals surface area contributed by atoms with Crippen LogP contribution in [0.4, 0.5) is 0 Å². The van der Waals surface area contributed by atoms with Gasteiger partial charge in [-0.05, 0) is 29.7 Å². The molecule has 0 fully saturated rings. The maximum Gasteiger partial charge on any atom is 0.200 e. The molecule has 0 N–H and O–H groups in total. The molecule has 2 heterocycles. The van der Waals surface area contributed by atoms with E-state index in [9.17, 15) is 0 Å². The van der Waals surface area contributed by atoms with Gasteiger partial charge < -0.3 is 4.42 Å². The molecule has 130 valence electrons. The van der Waals surface area contributed by atoms with E-state index in [4.69, 9.17) is 4.42 Å². The maximum atomic E-state index is 5.55. The lowest BCUT2D eigenvalue weighted by Crippen LogP contribution is -2.04. The minimum absolute atomic E-state index is 0.720.